The largest absolute Gasteiger partial charge is 0.478 e. The summed E-state index contributed by atoms with van der Waals surface area (Å²) in [5, 5.41) is 23.8. The lowest BCUT2D eigenvalue weighted by Gasteiger charge is -2.47. The van der Waals surface area contributed by atoms with Gasteiger partial charge in [0.25, 0.3) is 5.91 Å². The first-order valence-electron chi connectivity index (χ1n) is 12.4. The number of carbonyl (C=O) groups is 3. The smallest absolute Gasteiger partial charge is 0.335 e. The first-order valence-corrected chi connectivity index (χ1v) is 12.8. The average molecular weight is 557 g/mol. The molecule has 1 atom stereocenters. The number of halogens is 1. The normalized spacial score (nSPS) is 16.0. The van der Waals surface area contributed by atoms with E-state index in [1.807, 2.05) is 38.1 Å². The molecule has 40 heavy (non-hydrogen) atoms. The highest BCUT2D eigenvalue weighted by Crippen LogP contribution is 2.40. The maximum atomic E-state index is 13.9. The van der Waals surface area contributed by atoms with E-state index in [2.05, 4.69) is 20.8 Å². The number of rotatable bonds is 6. The maximum Gasteiger partial charge on any atom is 0.335 e. The van der Waals surface area contributed by atoms with Crippen molar-refractivity contribution < 1.29 is 19.5 Å². The number of hydrogen-bond acceptors (Lipinski definition) is 6. The van der Waals surface area contributed by atoms with Gasteiger partial charge in [0, 0.05) is 27.9 Å². The molecule has 0 bridgehead atoms. The minimum Gasteiger partial charge on any atom is -0.478 e. The summed E-state index contributed by atoms with van der Waals surface area (Å²) in [6, 6.07) is 17.6. The monoisotopic (exact) mass is 556 g/mol. The molecule has 202 valence electrons. The summed E-state index contributed by atoms with van der Waals surface area (Å²) >= 11 is 6.24. The third kappa shape index (κ3) is 5.34. The molecule has 0 saturated heterocycles. The van der Waals surface area contributed by atoms with E-state index in [1.165, 1.54) is 41.4 Å². The Morgan fingerprint density at radius 1 is 1.07 bits per heavy atom. The van der Waals surface area contributed by atoms with E-state index in [0.717, 1.165) is 11.1 Å². The fraction of sp³-hybridized carbons (Fsp3) is 0.172. The first-order chi connectivity index (χ1) is 19.1. The summed E-state index contributed by atoms with van der Waals surface area (Å²) in [5.41, 5.74) is 2.74. The lowest BCUT2D eigenvalue weighted by Crippen LogP contribution is -2.56. The summed E-state index contributed by atoms with van der Waals surface area (Å²) in [6.45, 7) is 3.84. The molecule has 0 fully saturated rings. The number of aromatic carboxylic acids is 1. The van der Waals surface area contributed by atoms with E-state index in [4.69, 9.17) is 11.6 Å². The van der Waals surface area contributed by atoms with Crippen LogP contribution in [-0.4, -0.2) is 53.5 Å². The Hall–Kier alpha value is -4.83. The van der Waals surface area contributed by atoms with E-state index in [1.54, 1.807) is 29.2 Å². The van der Waals surface area contributed by atoms with Crippen LogP contribution < -0.4 is 5.32 Å². The number of carbonyl (C=O) groups excluding carboxylic acids is 2. The van der Waals surface area contributed by atoms with Crippen LogP contribution in [0.1, 0.15) is 46.9 Å². The van der Waals surface area contributed by atoms with Crippen LogP contribution in [0, 0.1) is 0 Å². The third-order valence-electron chi connectivity index (χ3n) is 6.76. The minimum absolute atomic E-state index is 0.103. The highest BCUT2D eigenvalue weighted by Gasteiger charge is 2.44. The summed E-state index contributed by atoms with van der Waals surface area (Å²) in [5.74, 6) is -1.85. The van der Waals surface area contributed by atoms with Crippen LogP contribution in [0.15, 0.2) is 79.1 Å². The van der Waals surface area contributed by atoms with Crippen molar-refractivity contribution >= 4 is 41.1 Å². The molecule has 0 saturated carbocycles. The molecule has 2 N–H and O–H groups in total. The Bertz CT molecular complexity index is 1620. The van der Waals surface area contributed by atoms with Gasteiger partial charge in [0.1, 0.15) is 12.4 Å². The summed E-state index contributed by atoms with van der Waals surface area (Å²) in [6.07, 6.45) is 5.03. The van der Waals surface area contributed by atoms with Gasteiger partial charge >= 0.3 is 5.97 Å². The van der Waals surface area contributed by atoms with Crippen molar-refractivity contribution in [3.63, 3.8) is 0 Å². The van der Waals surface area contributed by atoms with Gasteiger partial charge in [0.05, 0.1) is 11.3 Å². The Morgan fingerprint density at radius 3 is 2.52 bits per heavy atom. The second-order valence-electron chi connectivity index (χ2n) is 9.96. The number of anilines is 1. The summed E-state index contributed by atoms with van der Waals surface area (Å²) < 4.78 is 1.47. The van der Waals surface area contributed by atoms with Crippen molar-refractivity contribution in [2.45, 2.75) is 31.8 Å². The van der Waals surface area contributed by atoms with Crippen LogP contribution >= 0.6 is 11.6 Å². The number of hydrogen-bond donors (Lipinski definition) is 2. The molecule has 1 aromatic heterocycles. The zero-order valence-corrected chi connectivity index (χ0v) is 22.4. The van der Waals surface area contributed by atoms with Crippen molar-refractivity contribution in [3.8, 4) is 5.69 Å². The minimum atomic E-state index is -1.06. The van der Waals surface area contributed by atoms with Gasteiger partial charge in [-0.25, -0.2) is 4.79 Å². The maximum absolute atomic E-state index is 13.9. The number of nitrogens with one attached hydrogen (secondary N) is 1. The van der Waals surface area contributed by atoms with Crippen molar-refractivity contribution in [3.05, 3.63) is 106 Å². The Kier molecular flexibility index (Phi) is 7.19. The Labute approximate surface area is 234 Å². The van der Waals surface area contributed by atoms with Gasteiger partial charge < -0.3 is 15.3 Å². The summed E-state index contributed by atoms with van der Waals surface area (Å²) in [7, 11) is 0. The summed E-state index contributed by atoms with van der Waals surface area (Å²) in [4.78, 5) is 40.5. The molecule has 0 spiro atoms. The fourth-order valence-electron chi connectivity index (χ4n) is 4.97. The number of nitrogens with zero attached hydrogens (tertiary/aromatic N) is 5. The Balaban J connectivity index is 1.50. The number of amides is 2. The number of tetrazole rings is 1. The van der Waals surface area contributed by atoms with Crippen LogP contribution in [0.4, 0.5) is 5.69 Å². The average Bonchev–Trinajstić information content (AvgIpc) is 3.45. The lowest BCUT2D eigenvalue weighted by molar-refractivity contribution is -0.142. The molecular formula is C29H25ClN6O4. The molecular weight excluding hydrogens is 532 g/mol. The standard InChI is InChI=1S/C29H25ClN6O4/c1-29(2)16-20-5-3-4-6-23(20)26(27(38)32-22-11-7-18(8-12-22)28(39)40)36(29)25(37)14-9-19-15-21(30)10-13-24(19)35-17-31-33-34-35/h3-15,17,26H,16H2,1-2H3,(H,32,38)(H,39,40). The molecule has 2 amide bonds. The van der Waals surface area contributed by atoms with Gasteiger partial charge in [-0.15, -0.1) is 5.10 Å². The predicted molar refractivity (Wildman–Crippen MR) is 149 cm³/mol. The molecule has 0 radical (unpaired) electrons. The van der Waals surface area contributed by atoms with Gasteiger partial charge in [0.15, 0.2) is 0 Å². The SMILES string of the molecule is CC1(C)Cc2ccccc2C(C(=O)Nc2ccc(C(=O)O)cc2)N1C(=O)C=Cc1cc(Cl)ccc1-n1cnnn1. The van der Waals surface area contributed by atoms with Crippen molar-refractivity contribution in [1.29, 1.82) is 0 Å². The highest BCUT2D eigenvalue weighted by atomic mass is 35.5. The number of carboxylic acids is 1. The molecule has 0 aliphatic carbocycles. The van der Waals surface area contributed by atoms with E-state index in [9.17, 15) is 19.5 Å². The van der Waals surface area contributed by atoms with Crippen LogP contribution in [-0.2, 0) is 16.0 Å². The van der Waals surface area contributed by atoms with Crippen molar-refractivity contribution in [1.82, 2.24) is 25.1 Å². The van der Waals surface area contributed by atoms with Crippen LogP contribution in [0.2, 0.25) is 5.02 Å². The van der Waals surface area contributed by atoms with E-state index in [0.29, 0.717) is 28.4 Å². The zero-order chi connectivity index (χ0) is 28.4. The number of fused-ring (bicyclic) bond motifs is 1. The van der Waals surface area contributed by atoms with E-state index >= 15 is 0 Å². The predicted octanol–water partition coefficient (Wildman–Crippen LogP) is 4.57. The quantitative estimate of drug-likeness (QED) is 0.333. The lowest BCUT2D eigenvalue weighted by atomic mass is 9.80. The number of aromatic nitrogens is 4. The van der Waals surface area contributed by atoms with Gasteiger partial charge in [-0.05, 0) is 90.4 Å². The van der Waals surface area contributed by atoms with E-state index < -0.39 is 23.5 Å². The van der Waals surface area contributed by atoms with Crippen molar-refractivity contribution in [2.24, 2.45) is 0 Å². The van der Waals surface area contributed by atoms with Gasteiger partial charge in [-0.1, -0.05) is 35.9 Å². The van der Waals surface area contributed by atoms with E-state index in [-0.39, 0.29) is 11.5 Å². The van der Waals surface area contributed by atoms with Crippen molar-refractivity contribution in [2.75, 3.05) is 5.32 Å². The Morgan fingerprint density at radius 2 is 1.82 bits per heavy atom. The fourth-order valence-corrected chi connectivity index (χ4v) is 5.15. The zero-order valence-electron chi connectivity index (χ0n) is 21.7. The molecule has 10 nitrogen and oxygen atoms in total. The topological polar surface area (TPSA) is 130 Å². The number of carboxylic acid groups (broad SMARTS) is 1. The molecule has 5 rings (SSSR count). The molecule has 4 aromatic rings. The van der Waals surface area contributed by atoms with Crippen LogP contribution in [0.3, 0.4) is 0 Å². The molecule has 1 aliphatic heterocycles. The van der Waals surface area contributed by atoms with Gasteiger partial charge in [-0.3, -0.25) is 9.59 Å². The second-order valence-corrected chi connectivity index (χ2v) is 10.4. The molecule has 1 unspecified atom stereocenters. The molecule has 1 aliphatic rings. The molecule has 2 heterocycles. The third-order valence-corrected chi connectivity index (χ3v) is 6.99. The second kappa shape index (κ2) is 10.7. The van der Waals surface area contributed by atoms with Gasteiger partial charge in [-0.2, -0.15) is 4.68 Å². The van der Waals surface area contributed by atoms with Crippen LogP contribution in [0.5, 0.6) is 0 Å². The molecule has 11 heteroatoms. The molecule has 3 aromatic carbocycles. The van der Waals surface area contributed by atoms with Gasteiger partial charge in [0.2, 0.25) is 5.91 Å². The first kappa shape index (κ1) is 26.8. The number of benzene rings is 3. The van der Waals surface area contributed by atoms with Crippen LogP contribution in [0.25, 0.3) is 11.8 Å². The highest BCUT2D eigenvalue weighted by molar-refractivity contribution is 6.30.